The predicted octanol–water partition coefficient (Wildman–Crippen LogP) is 2.94. The van der Waals surface area contributed by atoms with Crippen molar-refractivity contribution in [2.45, 2.75) is 5.22 Å². The number of rotatable bonds is 7. The fourth-order valence-corrected chi connectivity index (χ4v) is 2.01. The highest BCUT2D eigenvalue weighted by molar-refractivity contribution is 7.99. The predicted molar refractivity (Wildman–Crippen MR) is 75.8 cm³/mol. The van der Waals surface area contributed by atoms with Gasteiger partial charge in [-0.25, -0.2) is 9.78 Å². The minimum absolute atomic E-state index is 0.539. The van der Waals surface area contributed by atoms with Crippen molar-refractivity contribution in [3.8, 4) is 5.75 Å². The minimum Gasteiger partial charge on any atom is -0.493 e. The van der Waals surface area contributed by atoms with Gasteiger partial charge < -0.3 is 14.3 Å². The van der Waals surface area contributed by atoms with Crippen LogP contribution in [0.4, 0.5) is 0 Å². The third kappa shape index (κ3) is 4.81. The van der Waals surface area contributed by atoms with Gasteiger partial charge in [-0.1, -0.05) is 23.9 Å². The zero-order valence-electron chi connectivity index (χ0n) is 10.6. The molecule has 104 valence electrons. The van der Waals surface area contributed by atoms with Crippen molar-refractivity contribution in [2.75, 3.05) is 12.4 Å². The first-order chi connectivity index (χ1) is 9.74. The van der Waals surface area contributed by atoms with E-state index in [1.165, 1.54) is 24.1 Å². The third-order valence-electron chi connectivity index (χ3n) is 2.29. The van der Waals surface area contributed by atoms with Gasteiger partial charge >= 0.3 is 5.97 Å². The molecule has 0 atom stereocenters. The fraction of sp³-hybridized carbons (Fsp3) is 0.143. The van der Waals surface area contributed by atoms with Gasteiger partial charge in [-0.3, -0.25) is 0 Å². The van der Waals surface area contributed by atoms with E-state index in [2.05, 4.69) is 4.98 Å². The number of carbonyl (C=O) groups is 1. The first-order valence-electron chi connectivity index (χ1n) is 5.90. The number of thioether (sulfide) groups is 1. The van der Waals surface area contributed by atoms with Crippen LogP contribution < -0.4 is 4.74 Å². The summed E-state index contributed by atoms with van der Waals surface area (Å²) < 4.78 is 10.6. The lowest BCUT2D eigenvalue weighted by atomic mass is 10.2. The van der Waals surface area contributed by atoms with Crippen molar-refractivity contribution in [3.05, 3.63) is 48.4 Å². The molecule has 6 heteroatoms. The van der Waals surface area contributed by atoms with Crippen molar-refractivity contribution < 1.29 is 19.1 Å². The van der Waals surface area contributed by atoms with Crippen LogP contribution in [-0.4, -0.2) is 28.4 Å². The summed E-state index contributed by atoms with van der Waals surface area (Å²) in [5, 5.41) is 9.15. The van der Waals surface area contributed by atoms with Crippen molar-refractivity contribution in [1.29, 1.82) is 0 Å². The molecule has 0 unspecified atom stereocenters. The molecule has 1 heterocycles. The summed E-state index contributed by atoms with van der Waals surface area (Å²) in [6.45, 7) is 0.539. The number of benzene rings is 1. The maximum atomic E-state index is 10.4. The maximum absolute atomic E-state index is 10.4. The third-order valence-corrected chi connectivity index (χ3v) is 3.11. The molecule has 0 aliphatic rings. The maximum Gasteiger partial charge on any atom is 0.328 e. The summed E-state index contributed by atoms with van der Waals surface area (Å²) >= 11 is 1.48. The molecule has 1 aromatic carbocycles. The van der Waals surface area contributed by atoms with Gasteiger partial charge in [0.05, 0.1) is 12.8 Å². The van der Waals surface area contributed by atoms with Crippen LogP contribution in [0, 0.1) is 0 Å². The van der Waals surface area contributed by atoms with Crippen LogP contribution in [0.2, 0.25) is 0 Å². The lowest BCUT2D eigenvalue weighted by molar-refractivity contribution is -0.131. The number of hydrogen-bond donors (Lipinski definition) is 1. The number of oxazole rings is 1. The molecule has 2 rings (SSSR count). The fourth-order valence-electron chi connectivity index (χ4n) is 1.41. The lowest BCUT2D eigenvalue weighted by Crippen LogP contribution is -1.99. The van der Waals surface area contributed by atoms with E-state index < -0.39 is 5.97 Å². The Morgan fingerprint density at radius 2 is 2.20 bits per heavy atom. The summed E-state index contributed by atoms with van der Waals surface area (Å²) in [6.07, 6.45) is 5.77. The first kappa shape index (κ1) is 14.2. The molecule has 0 spiro atoms. The summed E-state index contributed by atoms with van der Waals surface area (Å²) in [5.41, 5.74) is 0.814. The van der Waals surface area contributed by atoms with Gasteiger partial charge in [0, 0.05) is 11.8 Å². The molecule has 0 aliphatic heterocycles. The molecule has 1 N–H and O–H groups in total. The Morgan fingerprint density at radius 3 is 2.85 bits per heavy atom. The van der Waals surface area contributed by atoms with Crippen LogP contribution in [0.25, 0.3) is 6.08 Å². The van der Waals surface area contributed by atoms with Gasteiger partial charge in [0.2, 0.25) is 0 Å². The van der Waals surface area contributed by atoms with Crippen LogP contribution in [0.5, 0.6) is 5.75 Å². The van der Waals surface area contributed by atoms with Crippen LogP contribution >= 0.6 is 11.8 Å². The highest BCUT2D eigenvalue weighted by Gasteiger charge is 1.99. The summed E-state index contributed by atoms with van der Waals surface area (Å²) in [6, 6.07) is 7.21. The van der Waals surface area contributed by atoms with E-state index in [1.807, 2.05) is 0 Å². The smallest absolute Gasteiger partial charge is 0.328 e. The SMILES string of the molecule is O=C(O)/C=C/c1ccc(OCCSc2ncco2)cc1. The molecule has 20 heavy (non-hydrogen) atoms. The monoisotopic (exact) mass is 291 g/mol. The summed E-state index contributed by atoms with van der Waals surface area (Å²) in [5.74, 6) is 0.514. The summed E-state index contributed by atoms with van der Waals surface area (Å²) in [7, 11) is 0. The van der Waals surface area contributed by atoms with Crippen LogP contribution in [0.3, 0.4) is 0 Å². The standard InChI is InChI=1S/C14H13NO4S/c16-13(17)6-3-11-1-4-12(5-2-11)18-9-10-20-14-15-7-8-19-14/h1-8H,9-10H2,(H,16,17)/b6-3+. The Kier molecular flexibility index (Phi) is 5.25. The molecule has 0 saturated heterocycles. The van der Waals surface area contributed by atoms with Gasteiger partial charge in [0.15, 0.2) is 0 Å². The van der Waals surface area contributed by atoms with Gasteiger partial charge in [-0.15, -0.1) is 0 Å². The molecule has 2 aromatic rings. The van der Waals surface area contributed by atoms with Gasteiger partial charge in [0.25, 0.3) is 5.22 Å². The number of aromatic nitrogens is 1. The van der Waals surface area contributed by atoms with E-state index in [0.717, 1.165) is 23.1 Å². The Balaban J connectivity index is 1.74. The zero-order chi connectivity index (χ0) is 14.2. The number of aliphatic carboxylic acids is 1. The number of ether oxygens (including phenoxy) is 1. The Labute approximate surface area is 120 Å². The van der Waals surface area contributed by atoms with E-state index in [-0.39, 0.29) is 0 Å². The molecule has 0 aliphatic carbocycles. The number of hydrogen-bond acceptors (Lipinski definition) is 5. The molecular weight excluding hydrogens is 278 g/mol. The highest BCUT2D eigenvalue weighted by atomic mass is 32.2. The van der Waals surface area contributed by atoms with E-state index >= 15 is 0 Å². The van der Waals surface area contributed by atoms with Crippen molar-refractivity contribution >= 4 is 23.8 Å². The Morgan fingerprint density at radius 1 is 1.40 bits per heavy atom. The van der Waals surface area contributed by atoms with Crippen molar-refractivity contribution in [3.63, 3.8) is 0 Å². The average molecular weight is 291 g/mol. The Bertz CT molecular complexity index is 563. The molecule has 0 radical (unpaired) electrons. The van der Waals surface area contributed by atoms with E-state index in [1.54, 1.807) is 30.5 Å². The summed E-state index contributed by atoms with van der Waals surface area (Å²) in [4.78, 5) is 14.4. The van der Waals surface area contributed by atoms with Gasteiger partial charge in [-0.2, -0.15) is 0 Å². The molecular formula is C14H13NO4S. The van der Waals surface area contributed by atoms with Crippen LogP contribution in [0.1, 0.15) is 5.56 Å². The lowest BCUT2D eigenvalue weighted by Gasteiger charge is -2.05. The van der Waals surface area contributed by atoms with Crippen molar-refractivity contribution in [2.24, 2.45) is 0 Å². The van der Waals surface area contributed by atoms with E-state index in [4.69, 9.17) is 14.3 Å². The van der Waals surface area contributed by atoms with E-state index in [9.17, 15) is 4.79 Å². The number of carboxylic acids is 1. The molecule has 0 saturated carbocycles. The highest BCUT2D eigenvalue weighted by Crippen LogP contribution is 2.16. The largest absolute Gasteiger partial charge is 0.493 e. The normalized spacial score (nSPS) is 10.8. The second kappa shape index (κ2) is 7.40. The van der Waals surface area contributed by atoms with Crippen LogP contribution in [-0.2, 0) is 4.79 Å². The Hall–Kier alpha value is -2.21. The number of carboxylic acid groups (broad SMARTS) is 1. The molecule has 0 amide bonds. The van der Waals surface area contributed by atoms with E-state index in [0.29, 0.717) is 11.8 Å². The molecule has 5 nitrogen and oxygen atoms in total. The number of nitrogens with zero attached hydrogens (tertiary/aromatic N) is 1. The van der Waals surface area contributed by atoms with Crippen LogP contribution in [0.15, 0.2) is 52.4 Å². The topological polar surface area (TPSA) is 72.6 Å². The molecule has 0 fully saturated rings. The first-order valence-corrected chi connectivity index (χ1v) is 6.89. The second-order valence-corrected chi connectivity index (χ2v) is 4.78. The molecule has 1 aromatic heterocycles. The second-order valence-electron chi connectivity index (χ2n) is 3.74. The van der Waals surface area contributed by atoms with Gasteiger partial charge in [0.1, 0.15) is 12.0 Å². The molecule has 0 bridgehead atoms. The zero-order valence-corrected chi connectivity index (χ0v) is 11.4. The minimum atomic E-state index is -0.964. The average Bonchev–Trinajstić information content (AvgIpc) is 2.96. The quantitative estimate of drug-likeness (QED) is 0.480. The van der Waals surface area contributed by atoms with Gasteiger partial charge in [-0.05, 0) is 23.8 Å². The van der Waals surface area contributed by atoms with Crippen molar-refractivity contribution in [1.82, 2.24) is 4.98 Å².